The summed E-state index contributed by atoms with van der Waals surface area (Å²) in [4.78, 5) is 30.1. The number of urea groups is 1. The van der Waals surface area contributed by atoms with Crippen LogP contribution in [-0.4, -0.2) is 52.7 Å². The molecule has 0 bridgehead atoms. The molecule has 1 aromatic rings. The van der Waals surface area contributed by atoms with Crippen LogP contribution in [0.15, 0.2) is 12.4 Å². The summed E-state index contributed by atoms with van der Waals surface area (Å²) in [6.45, 7) is -0.0171. The highest BCUT2D eigenvalue weighted by Gasteiger charge is 2.45. The van der Waals surface area contributed by atoms with E-state index >= 15 is 0 Å². The van der Waals surface area contributed by atoms with E-state index in [4.69, 9.17) is 0 Å². The molecule has 1 aliphatic carbocycles. The normalized spacial score (nSPS) is 28.1. The largest absolute Gasteiger partial charge is 0.367 e. The molecule has 2 fully saturated rings. The van der Waals surface area contributed by atoms with Crippen molar-refractivity contribution in [2.75, 3.05) is 18.4 Å². The Kier molecular flexibility index (Phi) is 4.64. The van der Waals surface area contributed by atoms with E-state index in [0.717, 1.165) is 12.4 Å². The summed E-state index contributed by atoms with van der Waals surface area (Å²) in [6.07, 6.45) is -1.46. The number of anilines is 1. The number of halogens is 3. The zero-order valence-electron chi connectivity index (χ0n) is 13.1. The number of carbonyl (C=O) groups excluding carboxylic acids is 2. The molecule has 1 aromatic heterocycles. The lowest BCUT2D eigenvalue weighted by Gasteiger charge is -2.42. The summed E-state index contributed by atoms with van der Waals surface area (Å²) in [7, 11) is 0. The standard InChI is InChI=1S/C14H17F3N6O2/c15-11(16)8-1-10(21-6-20-8)22-7-2-14(17,3-7)5-19-12(24)9-4-18-13(25)23-9/h1,6-7,9,11H,2-5H2,(H,19,24)(H2,18,23,25)(H,20,21,22)/t7?,9-,14?/m1/s1. The molecule has 0 spiro atoms. The van der Waals surface area contributed by atoms with Gasteiger partial charge in [0.15, 0.2) is 0 Å². The van der Waals surface area contributed by atoms with Crippen molar-refractivity contribution in [1.29, 1.82) is 0 Å². The molecular weight excluding hydrogens is 341 g/mol. The summed E-state index contributed by atoms with van der Waals surface area (Å²) < 4.78 is 39.6. The Morgan fingerprint density at radius 1 is 1.40 bits per heavy atom. The van der Waals surface area contributed by atoms with Crippen LogP contribution in [0.25, 0.3) is 0 Å². The van der Waals surface area contributed by atoms with Crippen LogP contribution < -0.4 is 21.3 Å². The number of nitrogens with zero attached hydrogens (tertiary/aromatic N) is 2. The lowest BCUT2D eigenvalue weighted by molar-refractivity contribution is -0.123. The number of aromatic nitrogens is 2. The zero-order chi connectivity index (χ0) is 18.0. The van der Waals surface area contributed by atoms with E-state index in [1.54, 1.807) is 0 Å². The van der Waals surface area contributed by atoms with Crippen LogP contribution in [-0.2, 0) is 4.79 Å². The Balaban J connectivity index is 1.44. The Labute approximate surface area is 141 Å². The van der Waals surface area contributed by atoms with E-state index in [1.807, 2.05) is 0 Å². The maximum absolute atomic E-state index is 14.5. The van der Waals surface area contributed by atoms with Gasteiger partial charge in [-0.1, -0.05) is 0 Å². The predicted molar refractivity (Wildman–Crippen MR) is 80.8 cm³/mol. The summed E-state index contributed by atoms with van der Waals surface area (Å²) in [6, 6.07) is -0.287. The predicted octanol–water partition coefficient (Wildman–Crippen LogP) is 0.494. The maximum atomic E-state index is 14.5. The minimum Gasteiger partial charge on any atom is -0.367 e. The number of nitrogens with one attached hydrogen (secondary N) is 4. The smallest absolute Gasteiger partial charge is 0.315 e. The van der Waals surface area contributed by atoms with Gasteiger partial charge in [-0.15, -0.1) is 0 Å². The highest BCUT2D eigenvalue weighted by molar-refractivity contribution is 5.90. The molecule has 1 saturated heterocycles. The van der Waals surface area contributed by atoms with Gasteiger partial charge in [-0.2, -0.15) is 0 Å². The molecule has 2 aliphatic rings. The Hall–Kier alpha value is -2.59. The molecule has 0 unspecified atom stereocenters. The third-order valence-electron chi connectivity index (χ3n) is 4.16. The van der Waals surface area contributed by atoms with Gasteiger partial charge in [0.05, 0.1) is 6.54 Å². The average Bonchev–Trinajstić information content (AvgIpc) is 2.98. The van der Waals surface area contributed by atoms with E-state index in [1.165, 1.54) is 0 Å². The molecule has 11 heteroatoms. The van der Waals surface area contributed by atoms with Crippen molar-refractivity contribution < 1.29 is 22.8 Å². The third-order valence-corrected chi connectivity index (χ3v) is 4.16. The molecule has 136 valence electrons. The fraction of sp³-hybridized carbons (Fsp3) is 0.571. The number of amides is 3. The second kappa shape index (κ2) is 6.73. The quantitative estimate of drug-likeness (QED) is 0.592. The molecule has 0 aromatic carbocycles. The topological polar surface area (TPSA) is 108 Å². The molecule has 8 nitrogen and oxygen atoms in total. The second-order valence-corrected chi connectivity index (χ2v) is 6.15. The molecule has 3 amide bonds. The molecule has 1 atom stereocenters. The van der Waals surface area contributed by atoms with Gasteiger partial charge < -0.3 is 21.3 Å². The minimum atomic E-state index is -2.70. The molecule has 1 aliphatic heterocycles. The molecule has 3 rings (SSSR count). The number of hydrogen-bond acceptors (Lipinski definition) is 5. The lowest BCUT2D eigenvalue weighted by atomic mass is 9.77. The molecule has 2 heterocycles. The molecule has 4 N–H and O–H groups in total. The summed E-state index contributed by atoms with van der Waals surface area (Å²) >= 11 is 0. The van der Waals surface area contributed by atoms with E-state index in [9.17, 15) is 22.8 Å². The molecule has 1 saturated carbocycles. The highest BCUT2D eigenvalue weighted by atomic mass is 19.3. The summed E-state index contributed by atoms with van der Waals surface area (Å²) in [5.41, 5.74) is -1.98. The first-order chi connectivity index (χ1) is 11.8. The second-order valence-electron chi connectivity index (χ2n) is 6.15. The van der Waals surface area contributed by atoms with E-state index in [2.05, 4.69) is 31.2 Å². The van der Waals surface area contributed by atoms with Crippen LogP contribution in [0.2, 0.25) is 0 Å². The van der Waals surface area contributed by atoms with E-state index in [-0.39, 0.29) is 37.8 Å². The Morgan fingerprint density at radius 2 is 2.16 bits per heavy atom. The number of hydrogen-bond donors (Lipinski definition) is 4. The Morgan fingerprint density at radius 3 is 2.80 bits per heavy atom. The number of rotatable bonds is 6. The van der Waals surface area contributed by atoms with Crippen molar-refractivity contribution >= 4 is 17.8 Å². The van der Waals surface area contributed by atoms with Crippen LogP contribution in [0.5, 0.6) is 0 Å². The van der Waals surface area contributed by atoms with Gasteiger partial charge in [0.25, 0.3) is 6.43 Å². The monoisotopic (exact) mass is 358 g/mol. The van der Waals surface area contributed by atoms with Crippen LogP contribution in [0.4, 0.5) is 23.8 Å². The van der Waals surface area contributed by atoms with Gasteiger partial charge in [-0.3, -0.25) is 4.79 Å². The maximum Gasteiger partial charge on any atom is 0.315 e. The van der Waals surface area contributed by atoms with Crippen molar-refractivity contribution in [3.05, 3.63) is 18.1 Å². The van der Waals surface area contributed by atoms with Crippen molar-refractivity contribution in [2.24, 2.45) is 0 Å². The average molecular weight is 358 g/mol. The van der Waals surface area contributed by atoms with Gasteiger partial charge in [0, 0.05) is 31.5 Å². The fourth-order valence-electron chi connectivity index (χ4n) is 2.83. The third kappa shape index (κ3) is 4.09. The minimum absolute atomic E-state index is 0.108. The molecular formula is C14H17F3N6O2. The fourth-order valence-corrected chi connectivity index (χ4v) is 2.83. The molecule has 25 heavy (non-hydrogen) atoms. The first-order valence-corrected chi connectivity index (χ1v) is 7.72. The highest BCUT2D eigenvalue weighted by Crippen LogP contribution is 2.37. The summed E-state index contributed by atoms with van der Waals surface area (Å²) in [5, 5.41) is 10.2. The van der Waals surface area contributed by atoms with Gasteiger partial charge in [0.2, 0.25) is 5.91 Å². The van der Waals surface area contributed by atoms with Crippen LogP contribution >= 0.6 is 0 Å². The van der Waals surface area contributed by atoms with Crippen molar-refractivity contribution in [3.8, 4) is 0 Å². The van der Waals surface area contributed by atoms with Crippen LogP contribution in [0.3, 0.4) is 0 Å². The number of alkyl halides is 3. The van der Waals surface area contributed by atoms with Crippen LogP contribution in [0, 0.1) is 0 Å². The van der Waals surface area contributed by atoms with Crippen LogP contribution in [0.1, 0.15) is 25.0 Å². The summed E-state index contributed by atoms with van der Waals surface area (Å²) in [5.74, 6) is -0.245. The Bertz CT molecular complexity index is 668. The van der Waals surface area contributed by atoms with E-state index < -0.39 is 35.8 Å². The first-order valence-electron chi connectivity index (χ1n) is 7.72. The van der Waals surface area contributed by atoms with Crippen molar-refractivity contribution in [2.45, 2.75) is 37.0 Å². The van der Waals surface area contributed by atoms with Crippen molar-refractivity contribution in [1.82, 2.24) is 25.9 Å². The SMILES string of the molecule is O=C1NC[C@H](C(=O)NCC2(F)CC(Nc3cc(C(F)F)ncn3)C2)N1. The van der Waals surface area contributed by atoms with Gasteiger partial charge in [0.1, 0.15) is 29.5 Å². The lowest BCUT2D eigenvalue weighted by Crippen LogP contribution is -2.55. The van der Waals surface area contributed by atoms with Gasteiger partial charge in [-0.25, -0.2) is 27.9 Å². The first kappa shape index (κ1) is 17.2. The zero-order valence-corrected chi connectivity index (χ0v) is 13.1. The van der Waals surface area contributed by atoms with Gasteiger partial charge >= 0.3 is 6.03 Å². The van der Waals surface area contributed by atoms with Gasteiger partial charge in [-0.05, 0) is 0 Å². The number of carbonyl (C=O) groups is 2. The van der Waals surface area contributed by atoms with Crippen molar-refractivity contribution in [3.63, 3.8) is 0 Å². The van der Waals surface area contributed by atoms with E-state index in [0.29, 0.717) is 0 Å². The molecule has 0 radical (unpaired) electrons.